The van der Waals surface area contributed by atoms with Crippen molar-refractivity contribution in [2.24, 2.45) is 0 Å². The van der Waals surface area contributed by atoms with Crippen molar-refractivity contribution < 1.29 is 22.5 Å². The first-order valence-corrected chi connectivity index (χ1v) is 8.17. The van der Waals surface area contributed by atoms with Gasteiger partial charge in [0.05, 0.1) is 27.9 Å². The molecule has 0 saturated carbocycles. The van der Waals surface area contributed by atoms with Crippen molar-refractivity contribution in [2.75, 3.05) is 5.43 Å². The lowest BCUT2D eigenvalue weighted by atomic mass is 10.0. The average molecular weight is 378 g/mol. The van der Waals surface area contributed by atoms with Crippen molar-refractivity contribution >= 4 is 22.7 Å². The normalized spacial score (nSPS) is 11.8. The molecule has 2 N–H and O–H groups in total. The highest BCUT2D eigenvalue weighted by molar-refractivity contribution is 6.06. The maximum atomic E-state index is 12.8. The highest BCUT2D eigenvalue weighted by Crippen LogP contribution is 2.30. The molecule has 0 aliphatic rings. The van der Waals surface area contributed by atoms with Gasteiger partial charge < -0.3 is 4.52 Å². The average Bonchev–Trinajstić information content (AvgIpc) is 2.99. The standard InChI is InChI=1S/C18H17F3N4O2/c1-9(2)14-8-13(15-10(3)25-27-17(15)22-14)16(26)24-23-12-6-4-5-11(7-12)18(19,20)21/h4-9,23H,1-3H3,(H,24,26). The molecule has 2 aromatic heterocycles. The van der Waals surface area contributed by atoms with Gasteiger partial charge in [-0.2, -0.15) is 13.2 Å². The first kappa shape index (κ1) is 18.7. The summed E-state index contributed by atoms with van der Waals surface area (Å²) in [6.07, 6.45) is -4.47. The van der Waals surface area contributed by atoms with Gasteiger partial charge >= 0.3 is 6.18 Å². The van der Waals surface area contributed by atoms with E-state index in [1.54, 1.807) is 13.0 Å². The summed E-state index contributed by atoms with van der Waals surface area (Å²) in [4.78, 5) is 17.0. The number of alkyl halides is 3. The van der Waals surface area contributed by atoms with Crippen LogP contribution >= 0.6 is 0 Å². The molecule has 3 aromatic rings. The molecule has 2 heterocycles. The fraction of sp³-hybridized carbons (Fsp3) is 0.278. The number of hydrogen-bond acceptors (Lipinski definition) is 5. The van der Waals surface area contributed by atoms with Gasteiger partial charge in [-0.15, -0.1) is 0 Å². The molecule has 0 spiro atoms. The number of pyridine rings is 1. The molecular formula is C18H17F3N4O2. The van der Waals surface area contributed by atoms with Gasteiger partial charge in [-0.1, -0.05) is 25.1 Å². The number of rotatable bonds is 4. The van der Waals surface area contributed by atoms with E-state index < -0.39 is 17.6 Å². The number of carbonyl (C=O) groups excluding carboxylic acids is 1. The van der Waals surface area contributed by atoms with Crippen LogP contribution in [0.15, 0.2) is 34.9 Å². The van der Waals surface area contributed by atoms with E-state index in [1.165, 1.54) is 12.1 Å². The van der Waals surface area contributed by atoms with Gasteiger partial charge in [0.25, 0.3) is 11.6 Å². The molecule has 6 nitrogen and oxygen atoms in total. The summed E-state index contributed by atoms with van der Waals surface area (Å²) in [5.74, 6) is -0.490. The minimum atomic E-state index is -4.47. The number of halogens is 3. The lowest BCUT2D eigenvalue weighted by Gasteiger charge is -2.13. The number of aryl methyl sites for hydroxylation is 1. The van der Waals surface area contributed by atoms with Crippen LogP contribution < -0.4 is 10.9 Å². The van der Waals surface area contributed by atoms with Crippen molar-refractivity contribution in [3.8, 4) is 0 Å². The summed E-state index contributed by atoms with van der Waals surface area (Å²) in [6.45, 7) is 5.51. The Morgan fingerprint density at radius 3 is 2.63 bits per heavy atom. The number of hydrazine groups is 1. The van der Waals surface area contributed by atoms with Gasteiger partial charge in [0, 0.05) is 5.69 Å². The number of hydrogen-bond donors (Lipinski definition) is 2. The van der Waals surface area contributed by atoms with E-state index in [0.717, 1.165) is 12.1 Å². The molecule has 9 heteroatoms. The second-order valence-corrected chi connectivity index (χ2v) is 6.36. The molecule has 0 aliphatic heterocycles. The number of nitrogens with zero attached hydrogens (tertiary/aromatic N) is 2. The summed E-state index contributed by atoms with van der Waals surface area (Å²) >= 11 is 0. The number of amides is 1. The SMILES string of the molecule is Cc1noc2nc(C(C)C)cc(C(=O)NNc3cccc(C(F)(F)F)c3)c12. The van der Waals surface area contributed by atoms with Crippen LogP contribution in [0.2, 0.25) is 0 Å². The second kappa shape index (κ2) is 6.90. The molecule has 0 bridgehead atoms. The van der Waals surface area contributed by atoms with Gasteiger partial charge in [0.1, 0.15) is 0 Å². The predicted octanol–water partition coefficient (Wildman–Crippen LogP) is 4.43. The van der Waals surface area contributed by atoms with Gasteiger partial charge in [-0.05, 0) is 37.1 Å². The van der Waals surface area contributed by atoms with Crippen molar-refractivity contribution in [3.63, 3.8) is 0 Å². The summed E-state index contributed by atoms with van der Waals surface area (Å²) in [5, 5.41) is 4.29. The van der Waals surface area contributed by atoms with E-state index in [0.29, 0.717) is 16.8 Å². The number of anilines is 1. The molecule has 0 aliphatic carbocycles. The summed E-state index contributed by atoms with van der Waals surface area (Å²) in [6, 6.07) is 6.16. The first-order chi connectivity index (χ1) is 12.7. The number of aromatic nitrogens is 2. The van der Waals surface area contributed by atoms with Gasteiger partial charge in [-0.25, -0.2) is 4.98 Å². The number of nitrogens with one attached hydrogen (secondary N) is 2. The van der Waals surface area contributed by atoms with Crippen LogP contribution in [-0.2, 0) is 6.18 Å². The smallest absolute Gasteiger partial charge is 0.336 e. The monoisotopic (exact) mass is 378 g/mol. The maximum absolute atomic E-state index is 12.8. The summed E-state index contributed by atoms with van der Waals surface area (Å²) in [5.41, 5.74) is 5.87. The van der Waals surface area contributed by atoms with Crippen LogP contribution in [0.4, 0.5) is 18.9 Å². The van der Waals surface area contributed by atoms with Crippen LogP contribution in [0.5, 0.6) is 0 Å². The Hall–Kier alpha value is -3.10. The Morgan fingerprint density at radius 1 is 1.22 bits per heavy atom. The zero-order chi connectivity index (χ0) is 19.8. The number of fused-ring (bicyclic) bond motifs is 1. The largest absolute Gasteiger partial charge is 0.416 e. The molecular weight excluding hydrogens is 361 g/mol. The molecule has 0 fully saturated rings. The first-order valence-electron chi connectivity index (χ1n) is 8.17. The molecule has 27 heavy (non-hydrogen) atoms. The Bertz CT molecular complexity index is 996. The lowest BCUT2D eigenvalue weighted by Crippen LogP contribution is -2.30. The fourth-order valence-corrected chi connectivity index (χ4v) is 2.56. The lowest BCUT2D eigenvalue weighted by molar-refractivity contribution is -0.137. The zero-order valence-electron chi connectivity index (χ0n) is 14.8. The number of benzene rings is 1. The molecule has 0 unspecified atom stereocenters. The molecule has 142 valence electrons. The second-order valence-electron chi connectivity index (χ2n) is 6.36. The third kappa shape index (κ3) is 3.86. The van der Waals surface area contributed by atoms with E-state index in [2.05, 4.69) is 21.0 Å². The van der Waals surface area contributed by atoms with E-state index in [9.17, 15) is 18.0 Å². The minimum Gasteiger partial charge on any atom is -0.336 e. The van der Waals surface area contributed by atoms with Crippen LogP contribution in [0, 0.1) is 6.92 Å². The van der Waals surface area contributed by atoms with Gasteiger partial charge in [-0.3, -0.25) is 15.6 Å². The summed E-state index contributed by atoms with van der Waals surface area (Å²) < 4.78 is 43.5. The van der Waals surface area contributed by atoms with Crippen molar-refractivity contribution in [1.82, 2.24) is 15.6 Å². The molecule has 1 amide bonds. The quantitative estimate of drug-likeness (QED) is 0.657. The van der Waals surface area contributed by atoms with Crippen molar-refractivity contribution in [2.45, 2.75) is 32.9 Å². The Kier molecular flexibility index (Phi) is 4.77. The Balaban J connectivity index is 1.88. The van der Waals surface area contributed by atoms with Crippen LogP contribution in [0.1, 0.15) is 47.1 Å². The topological polar surface area (TPSA) is 80.0 Å². The molecule has 1 aromatic carbocycles. The van der Waals surface area contributed by atoms with E-state index in [-0.39, 0.29) is 22.9 Å². The van der Waals surface area contributed by atoms with E-state index >= 15 is 0 Å². The molecule has 0 atom stereocenters. The van der Waals surface area contributed by atoms with Crippen LogP contribution in [-0.4, -0.2) is 16.0 Å². The van der Waals surface area contributed by atoms with Crippen molar-refractivity contribution in [1.29, 1.82) is 0 Å². The fourth-order valence-electron chi connectivity index (χ4n) is 2.56. The highest BCUT2D eigenvalue weighted by atomic mass is 19.4. The third-order valence-electron chi connectivity index (χ3n) is 3.98. The van der Waals surface area contributed by atoms with Crippen LogP contribution in [0.3, 0.4) is 0 Å². The van der Waals surface area contributed by atoms with Gasteiger partial charge in [0.15, 0.2) is 0 Å². The predicted molar refractivity (Wildman–Crippen MR) is 93.2 cm³/mol. The Labute approximate surface area is 152 Å². The van der Waals surface area contributed by atoms with E-state index in [1.807, 2.05) is 13.8 Å². The zero-order valence-corrected chi connectivity index (χ0v) is 14.8. The molecule has 0 saturated heterocycles. The highest BCUT2D eigenvalue weighted by Gasteiger charge is 2.30. The third-order valence-corrected chi connectivity index (χ3v) is 3.98. The minimum absolute atomic E-state index is 0.0442. The van der Waals surface area contributed by atoms with Gasteiger partial charge in [0.2, 0.25) is 0 Å². The molecule has 0 radical (unpaired) electrons. The summed E-state index contributed by atoms with van der Waals surface area (Å²) in [7, 11) is 0. The van der Waals surface area contributed by atoms with E-state index in [4.69, 9.17) is 4.52 Å². The van der Waals surface area contributed by atoms with Crippen LogP contribution in [0.25, 0.3) is 11.1 Å². The number of carbonyl (C=O) groups is 1. The maximum Gasteiger partial charge on any atom is 0.416 e. The molecule has 3 rings (SSSR count). The Morgan fingerprint density at radius 2 is 1.96 bits per heavy atom. The van der Waals surface area contributed by atoms with Crippen molar-refractivity contribution in [3.05, 3.63) is 52.8 Å².